The van der Waals surface area contributed by atoms with Gasteiger partial charge in [0.05, 0.1) is 5.69 Å². The minimum absolute atomic E-state index is 0.443. The van der Waals surface area contributed by atoms with Crippen molar-refractivity contribution in [3.05, 3.63) is 41.4 Å². The molecule has 0 spiro atoms. The van der Waals surface area contributed by atoms with Crippen LogP contribution in [-0.2, 0) is 4.79 Å². The van der Waals surface area contributed by atoms with Gasteiger partial charge in [-0.1, -0.05) is 29.8 Å². The number of rotatable bonds is 4. The van der Waals surface area contributed by atoms with Gasteiger partial charge in [0.1, 0.15) is 5.02 Å². The second kappa shape index (κ2) is 5.59. The summed E-state index contributed by atoms with van der Waals surface area (Å²) in [7, 11) is 0. The summed E-state index contributed by atoms with van der Waals surface area (Å²) in [5.74, 6) is 1.10. The molecule has 1 aromatic heterocycles. The van der Waals surface area contributed by atoms with Crippen molar-refractivity contribution in [2.24, 2.45) is 0 Å². The molecule has 2 aromatic rings. The van der Waals surface area contributed by atoms with E-state index in [2.05, 4.69) is 4.90 Å². The summed E-state index contributed by atoms with van der Waals surface area (Å²) in [6, 6.07) is 11.0. The van der Waals surface area contributed by atoms with Crippen LogP contribution in [0.2, 0.25) is 5.02 Å². The first-order chi connectivity index (χ1) is 9.79. The molecule has 1 aliphatic rings. The molecule has 0 atom stereocenters. The first-order valence-electron chi connectivity index (χ1n) is 6.63. The number of carbonyl (C=O) groups excluding carboxylic acids is 1. The summed E-state index contributed by atoms with van der Waals surface area (Å²) in [4.78, 5) is 14.9. The summed E-state index contributed by atoms with van der Waals surface area (Å²) in [5.41, 5.74) is 0.751. The van der Waals surface area contributed by atoms with Crippen molar-refractivity contribution >= 4 is 35.5 Å². The number of hydrogen-bond donors (Lipinski definition) is 0. The molecule has 1 aromatic carbocycles. The van der Waals surface area contributed by atoms with Gasteiger partial charge < -0.3 is 9.32 Å². The fourth-order valence-electron chi connectivity index (χ4n) is 2.43. The van der Waals surface area contributed by atoms with Gasteiger partial charge in [-0.3, -0.25) is 9.69 Å². The first-order valence-corrected chi connectivity index (χ1v) is 7.01. The summed E-state index contributed by atoms with van der Waals surface area (Å²) in [6.07, 6.45) is 3.02. The molecule has 104 valence electrons. The van der Waals surface area contributed by atoms with Crippen molar-refractivity contribution in [1.29, 1.82) is 0 Å². The van der Waals surface area contributed by atoms with Gasteiger partial charge in [-0.2, -0.15) is 0 Å². The molecular weight excluding hydrogens is 276 g/mol. The summed E-state index contributed by atoms with van der Waals surface area (Å²) >= 11 is 6.24. The van der Waals surface area contributed by atoms with Crippen LogP contribution in [-0.4, -0.2) is 19.5 Å². The second-order valence-electron chi connectivity index (χ2n) is 4.74. The average Bonchev–Trinajstić information content (AvgIpc) is 3.10. The van der Waals surface area contributed by atoms with E-state index in [-0.39, 0.29) is 0 Å². The Morgan fingerprint density at radius 2 is 1.90 bits per heavy atom. The van der Waals surface area contributed by atoms with Gasteiger partial charge in [0.25, 0.3) is 0 Å². The van der Waals surface area contributed by atoms with E-state index in [1.165, 1.54) is 4.90 Å². The molecule has 1 fully saturated rings. The zero-order chi connectivity index (χ0) is 13.9. The van der Waals surface area contributed by atoms with E-state index >= 15 is 0 Å². The van der Waals surface area contributed by atoms with Crippen LogP contribution in [0, 0.1) is 0 Å². The van der Waals surface area contributed by atoms with Crippen molar-refractivity contribution in [3.8, 4) is 0 Å². The Morgan fingerprint density at radius 1 is 1.20 bits per heavy atom. The Labute approximate surface area is 122 Å². The Balaban J connectivity index is 1.93. The largest absolute Gasteiger partial charge is 0.423 e. The van der Waals surface area contributed by atoms with Crippen molar-refractivity contribution in [1.82, 2.24) is 0 Å². The summed E-state index contributed by atoms with van der Waals surface area (Å²) < 4.78 is 5.79. The minimum atomic E-state index is 0.443. The predicted molar refractivity (Wildman–Crippen MR) is 79.8 cm³/mol. The van der Waals surface area contributed by atoms with E-state index in [4.69, 9.17) is 16.0 Å². The molecule has 1 saturated heterocycles. The third-order valence-corrected chi connectivity index (χ3v) is 3.70. The topological polar surface area (TPSA) is 36.7 Å². The van der Waals surface area contributed by atoms with Crippen LogP contribution >= 0.6 is 11.6 Å². The summed E-state index contributed by atoms with van der Waals surface area (Å²) in [5, 5.41) is 0.546. The lowest BCUT2D eigenvalue weighted by Gasteiger charge is -2.16. The second-order valence-corrected chi connectivity index (χ2v) is 5.15. The fourth-order valence-corrected chi connectivity index (χ4v) is 2.68. The lowest BCUT2D eigenvalue weighted by Crippen LogP contribution is -2.17. The minimum Gasteiger partial charge on any atom is -0.423 e. The number of nitrogens with zero attached hydrogens (tertiary/aromatic N) is 2. The molecule has 1 amide bonds. The molecular formula is C15H15ClN2O2. The number of amides is 1. The molecule has 3 rings (SSSR count). The molecule has 0 saturated carbocycles. The maximum atomic E-state index is 11.4. The maximum Gasteiger partial charge on any atom is 0.221 e. The van der Waals surface area contributed by atoms with E-state index in [0.717, 1.165) is 38.0 Å². The standard InChI is InChI=1S/C15H15ClN2O2/c16-13-10-14(20-15(13)17-8-4-5-9-17)18(11-19)12-6-2-1-3-7-12/h1-3,6-7,10-11H,4-5,8-9H2. The van der Waals surface area contributed by atoms with E-state index in [9.17, 15) is 4.79 Å². The van der Waals surface area contributed by atoms with Gasteiger partial charge in [0.15, 0.2) is 0 Å². The van der Waals surface area contributed by atoms with Gasteiger partial charge in [-0.05, 0) is 25.0 Å². The molecule has 0 aliphatic carbocycles. The van der Waals surface area contributed by atoms with E-state index in [1.807, 2.05) is 30.3 Å². The molecule has 20 heavy (non-hydrogen) atoms. The highest BCUT2D eigenvalue weighted by Gasteiger charge is 2.22. The van der Waals surface area contributed by atoms with E-state index in [1.54, 1.807) is 6.07 Å². The van der Waals surface area contributed by atoms with Crippen LogP contribution in [0.5, 0.6) is 0 Å². The lowest BCUT2D eigenvalue weighted by atomic mass is 10.3. The highest BCUT2D eigenvalue weighted by atomic mass is 35.5. The van der Waals surface area contributed by atoms with Crippen LogP contribution in [0.25, 0.3) is 0 Å². The SMILES string of the molecule is O=CN(c1ccccc1)c1cc(Cl)c(N2CCCC2)o1. The van der Waals surface area contributed by atoms with Crippen molar-refractivity contribution < 1.29 is 9.21 Å². The van der Waals surface area contributed by atoms with Crippen molar-refractivity contribution in [3.63, 3.8) is 0 Å². The maximum absolute atomic E-state index is 11.4. The van der Waals surface area contributed by atoms with E-state index in [0.29, 0.717) is 16.8 Å². The van der Waals surface area contributed by atoms with Crippen molar-refractivity contribution in [2.45, 2.75) is 12.8 Å². The molecule has 5 heteroatoms. The van der Waals surface area contributed by atoms with Crippen LogP contribution < -0.4 is 9.80 Å². The number of hydrogen-bond acceptors (Lipinski definition) is 3. The molecule has 0 unspecified atom stereocenters. The first kappa shape index (κ1) is 13.1. The molecule has 4 nitrogen and oxygen atoms in total. The van der Waals surface area contributed by atoms with Gasteiger partial charge >= 0.3 is 0 Å². The number of benzene rings is 1. The van der Waals surface area contributed by atoms with Crippen LogP contribution in [0.1, 0.15) is 12.8 Å². The van der Waals surface area contributed by atoms with Gasteiger partial charge in [-0.15, -0.1) is 0 Å². The monoisotopic (exact) mass is 290 g/mol. The Kier molecular flexibility index (Phi) is 3.65. The summed E-state index contributed by atoms with van der Waals surface area (Å²) in [6.45, 7) is 1.89. The number of carbonyl (C=O) groups is 1. The molecule has 2 heterocycles. The number of anilines is 3. The van der Waals surface area contributed by atoms with Gasteiger partial charge in [0.2, 0.25) is 18.2 Å². The number of para-hydroxylation sites is 1. The predicted octanol–water partition coefficient (Wildman–Crippen LogP) is 3.83. The zero-order valence-corrected chi connectivity index (χ0v) is 11.7. The van der Waals surface area contributed by atoms with Crippen LogP contribution in [0.3, 0.4) is 0 Å². The highest BCUT2D eigenvalue weighted by molar-refractivity contribution is 6.33. The molecule has 0 N–H and O–H groups in total. The fraction of sp³-hybridized carbons (Fsp3) is 0.267. The zero-order valence-electron chi connectivity index (χ0n) is 11.0. The normalized spacial score (nSPS) is 14.6. The Morgan fingerprint density at radius 3 is 2.55 bits per heavy atom. The van der Waals surface area contributed by atoms with Gasteiger partial charge in [-0.25, -0.2) is 0 Å². The van der Waals surface area contributed by atoms with Crippen LogP contribution in [0.4, 0.5) is 17.5 Å². The quantitative estimate of drug-likeness (QED) is 0.803. The van der Waals surface area contributed by atoms with Crippen molar-refractivity contribution in [2.75, 3.05) is 22.9 Å². The average molecular weight is 291 g/mol. The third kappa shape index (κ3) is 2.39. The van der Waals surface area contributed by atoms with E-state index < -0.39 is 0 Å². The van der Waals surface area contributed by atoms with Gasteiger partial charge in [0, 0.05) is 19.2 Å². The molecule has 1 aliphatic heterocycles. The smallest absolute Gasteiger partial charge is 0.221 e. The Hall–Kier alpha value is -1.94. The number of halogens is 1. The molecule has 0 bridgehead atoms. The van der Waals surface area contributed by atoms with Crippen LogP contribution in [0.15, 0.2) is 40.8 Å². The third-order valence-electron chi connectivity index (χ3n) is 3.43. The Bertz CT molecular complexity index is 591. The highest BCUT2D eigenvalue weighted by Crippen LogP contribution is 2.37. The molecule has 0 radical (unpaired) electrons. The number of furan rings is 1. The lowest BCUT2D eigenvalue weighted by molar-refractivity contribution is -0.107.